The monoisotopic (exact) mass is 952 g/mol. The van der Waals surface area contributed by atoms with Crippen LogP contribution in [-0.4, -0.2) is 96.9 Å². The van der Waals surface area contributed by atoms with E-state index in [2.05, 4.69) is 15.9 Å². The molecule has 0 aromatic rings. The summed E-state index contributed by atoms with van der Waals surface area (Å²) in [6.45, 7) is 7.45. The molecule has 62 heavy (non-hydrogen) atoms. The van der Waals surface area contributed by atoms with Gasteiger partial charge in [-0.3, -0.25) is 28.8 Å². The molecule has 0 bridgehead atoms. The average Bonchev–Trinajstić information content (AvgIpc) is 3.65. The number of halogens is 2. The number of ketones is 3. The molecule has 0 aromatic carbocycles. The number of aliphatic hydroxyl groups excluding tert-OH is 3. The molecule has 9 rings (SSSR count). The average molecular weight is 954 g/mol. The predicted octanol–water partition coefficient (Wildman–Crippen LogP) is 7.28. The fourth-order valence-electron chi connectivity index (χ4n) is 14.4. The molecule has 0 aromatic heterocycles. The SMILES string of the molecule is CC[C@H]1C(=O)C[C@@]2([C@@H](O)C3CCCCC3)C(=O)O[C@@]12C.C[C@@]12OC(=O)[C@]1([C@@H](O)C1CCCCC1)CC(=O)[C@@H]2CCBr.C[C@@]12OC(=O)[C@]1([C@@H](O)C1CCCCC1)CC(=O)[C@@H]2CCCl. The second-order valence-electron chi connectivity index (χ2n) is 20.9. The van der Waals surface area contributed by atoms with Crippen LogP contribution in [0.25, 0.3) is 0 Å². The molecule has 3 saturated heterocycles. The van der Waals surface area contributed by atoms with Gasteiger partial charge in [-0.25, -0.2) is 0 Å². The third-order valence-electron chi connectivity index (χ3n) is 18.2. The van der Waals surface area contributed by atoms with Crippen LogP contribution in [0.5, 0.6) is 0 Å². The van der Waals surface area contributed by atoms with E-state index in [1.54, 1.807) is 0 Å². The van der Waals surface area contributed by atoms with Gasteiger partial charge in [-0.15, -0.1) is 11.6 Å². The highest BCUT2D eigenvalue weighted by Crippen LogP contribution is 2.65. The van der Waals surface area contributed by atoms with Crippen molar-refractivity contribution in [1.82, 2.24) is 0 Å². The quantitative estimate of drug-likeness (QED) is 0.107. The molecule has 9 aliphatic rings. The topological polar surface area (TPSA) is 191 Å². The van der Waals surface area contributed by atoms with Crippen LogP contribution in [0, 0.1) is 51.8 Å². The molecule has 0 unspecified atom stereocenters. The van der Waals surface area contributed by atoms with Gasteiger partial charge in [0.2, 0.25) is 0 Å². The number of rotatable bonds is 11. The molecular formula is C48H70BrClO12. The predicted molar refractivity (Wildman–Crippen MR) is 232 cm³/mol. The molecule has 0 spiro atoms. The summed E-state index contributed by atoms with van der Waals surface area (Å²) in [7, 11) is 0. The number of fused-ring (bicyclic) bond motifs is 3. The number of hydrogen-bond acceptors (Lipinski definition) is 12. The maximum absolute atomic E-state index is 12.4. The summed E-state index contributed by atoms with van der Waals surface area (Å²) >= 11 is 9.17. The third-order valence-corrected chi connectivity index (χ3v) is 18.9. The van der Waals surface area contributed by atoms with Gasteiger partial charge in [-0.05, 0) is 96.3 Å². The van der Waals surface area contributed by atoms with Gasteiger partial charge in [0, 0.05) is 30.5 Å². The van der Waals surface area contributed by atoms with Crippen LogP contribution >= 0.6 is 27.5 Å². The number of hydrogen-bond donors (Lipinski definition) is 3. The molecule has 3 N–H and O–H groups in total. The summed E-state index contributed by atoms with van der Waals surface area (Å²) in [5.74, 6) is -1.14. The normalized spacial score (nSPS) is 41.9. The van der Waals surface area contributed by atoms with Gasteiger partial charge in [0.25, 0.3) is 0 Å². The van der Waals surface area contributed by atoms with Crippen molar-refractivity contribution in [3.05, 3.63) is 0 Å². The van der Waals surface area contributed by atoms with Crippen LogP contribution in [0.15, 0.2) is 0 Å². The molecule has 348 valence electrons. The lowest BCUT2D eigenvalue weighted by Gasteiger charge is -2.56. The minimum atomic E-state index is -1.02. The highest BCUT2D eigenvalue weighted by molar-refractivity contribution is 9.09. The van der Waals surface area contributed by atoms with Crippen molar-refractivity contribution >= 4 is 62.8 Å². The zero-order valence-corrected chi connectivity index (χ0v) is 39.6. The Balaban J connectivity index is 0.000000140. The summed E-state index contributed by atoms with van der Waals surface area (Å²) in [5.41, 5.74) is -5.44. The molecule has 6 aliphatic carbocycles. The van der Waals surface area contributed by atoms with Gasteiger partial charge in [0.1, 0.15) is 50.4 Å². The maximum atomic E-state index is 12.4. The molecule has 9 fully saturated rings. The molecule has 0 amide bonds. The van der Waals surface area contributed by atoms with Crippen molar-refractivity contribution in [1.29, 1.82) is 0 Å². The standard InChI is InChI=1S/C16H23BrO4.C16H23ClO4.C16H24O4/c2*1-15-11(7-8-17)12(18)9-16(15,14(20)21-15)13(19)10-5-3-2-4-6-10;1-3-11-12(17)9-16(14(19)20-15(11,16)2)13(18)10-7-5-4-6-8-10/h2*10-11,13,19H,2-9H2,1H3;10-11,13,18H,3-9H2,1-2H3/t3*11-,13-,15-,16+/m000/s1. The van der Waals surface area contributed by atoms with Gasteiger partial charge < -0.3 is 29.5 Å². The number of carbonyl (C=O) groups is 6. The largest absolute Gasteiger partial charge is 0.457 e. The second kappa shape index (κ2) is 18.0. The maximum Gasteiger partial charge on any atom is 0.319 e. The third kappa shape index (κ3) is 6.94. The lowest BCUT2D eigenvalue weighted by molar-refractivity contribution is -0.266. The van der Waals surface area contributed by atoms with E-state index in [4.69, 9.17) is 25.8 Å². The molecule has 14 heteroatoms. The van der Waals surface area contributed by atoms with Crippen LogP contribution in [0.2, 0.25) is 0 Å². The Morgan fingerprint density at radius 3 is 1.10 bits per heavy atom. The van der Waals surface area contributed by atoms with Crippen molar-refractivity contribution in [2.45, 2.75) is 198 Å². The first kappa shape index (κ1) is 48.0. The Morgan fingerprint density at radius 1 is 0.532 bits per heavy atom. The smallest absolute Gasteiger partial charge is 0.319 e. The first-order valence-electron chi connectivity index (χ1n) is 23.9. The minimum absolute atomic E-state index is 0.0128. The Hall–Kier alpha value is -1.93. The number of carbonyl (C=O) groups excluding carboxylic acids is 6. The Morgan fingerprint density at radius 2 is 0.823 bits per heavy atom. The molecule has 12 nitrogen and oxygen atoms in total. The number of ether oxygens (including phenoxy) is 3. The lowest BCUT2D eigenvalue weighted by atomic mass is 9.60. The fourth-order valence-corrected chi connectivity index (χ4v) is 15.1. The van der Waals surface area contributed by atoms with Gasteiger partial charge in [0.05, 0.1) is 36.1 Å². The fraction of sp³-hybridized carbons (Fsp3) is 0.875. The number of Topliss-reactive ketones (excluding diaryl/α,β-unsaturated/α-hetero) is 3. The molecule has 12 atom stereocenters. The number of aliphatic hydroxyl groups is 3. The molecule has 0 radical (unpaired) electrons. The lowest BCUT2D eigenvalue weighted by Crippen LogP contribution is -2.70. The minimum Gasteiger partial charge on any atom is -0.457 e. The first-order chi connectivity index (χ1) is 29.4. The summed E-state index contributed by atoms with van der Waals surface area (Å²) < 4.78 is 16.3. The van der Waals surface area contributed by atoms with Gasteiger partial charge in [0.15, 0.2) is 0 Å². The van der Waals surface area contributed by atoms with E-state index < -0.39 is 57.3 Å². The van der Waals surface area contributed by atoms with E-state index >= 15 is 0 Å². The van der Waals surface area contributed by atoms with Crippen molar-refractivity contribution in [3.8, 4) is 0 Å². The van der Waals surface area contributed by atoms with Crippen LogP contribution in [0.3, 0.4) is 0 Å². The van der Waals surface area contributed by atoms with E-state index in [0.717, 1.165) is 77.0 Å². The summed E-state index contributed by atoms with van der Waals surface area (Å²) in [6.07, 6.45) is 15.9. The van der Waals surface area contributed by atoms with Gasteiger partial charge in [-0.1, -0.05) is 80.6 Å². The Bertz CT molecular complexity index is 1670. The van der Waals surface area contributed by atoms with Crippen LogP contribution in [-0.2, 0) is 43.0 Å². The van der Waals surface area contributed by atoms with Crippen LogP contribution < -0.4 is 0 Å². The van der Waals surface area contributed by atoms with Crippen molar-refractivity contribution in [2.24, 2.45) is 51.8 Å². The Kier molecular flexibility index (Phi) is 14.0. The highest BCUT2D eigenvalue weighted by atomic mass is 79.9. The molecule has 6 saturated carbocycles. The van der Waals surface area contributed by atoms with E-state index in [1.807, 2.05) is 27.7 Å². The highest BCUT2D eigenvalue weighted by Gasteiger charge is 2.81. The zero-order chi connectivity index (χ0) is 45.0. The number of alkyl halides is 2. The van der Waals surface area contributed by atoms with Crippen molar-refractivity contribution in [2.75, 3.05) is 11.2 Å². The van der Waals surface area contributed by atoms with Gasteiger partial charge in [-0.2, -0.15) is 0 Å². The van der Waals surface area contributed by atoms with Crippen LogP contribution in [0.1, 0.15) is 163 Å². The summed E-state index contributed by atoms with van der Waals surface area (Å²) in [5, 5.41) is 33.4. The van der Waals surface area contributed by atoms with E-state index in [9.17, 15) is 44.1 Å². The second-order valence-corrected chi connectivity index (χ2v) is 22.1. The zero-order valence-electron chi connectivity index (χ0n) is 37.2. The number of esters is 3. The first-order valence-corrected chi connectivity index (χ1v) is 25.5. The van der Waals surface area contributed by atoms with E-state index in [-0.39, 0.29) is 84.1 Å². The van der Waals surface area contributed by atoms with Crippen molar-refractivity contribution < 1.29 is 58.3 Å². The van der Waals surface area contributed by atoms with E-state index in [0.29, 0.717) is 30.5 Å². The summed E-state index contributed by atoms with van der Waals surface area (Å²) in [4.78, 5) is 73.8. The molecule has 3 aliphatic heterocycles. The molecule has 3 heterocycles. The summed E-state index contributed by atoms with van der Waals surface area (Å²) in [6, 6.07) is 0. The Labute approximate surface area is 380 Å². The van der Waals surface area contributed by atoms with Crippen molar-refractivity contribution in [3.63, 3.8) is 0 Å². The van der Waals surface area contributed by atoms with Crippen LogP contribution in [0.4, 0.5) is 0 Å². The van der Waals surface area contributed by atoms with E-state index in [1.165, 1.54) is 19.3 Å². The van der Waals surface area contributed by atoms with Gasteiger partial charge >= 0.3 is 17.9 Å². The molecular weight excluding hydrogens is 884 g/mol.